The first kappa shape index (κ1) is 14.0. The molecule has 2 aromatic carbocycles. The summed E-state index contributed by atoms with van der Waals surface area (Å²) < 4.78 is 0. The third-order valence-electron chi connectivity index (χ3n) is 3.15. The molecule has 3 nitrogen and oxygen atoms in total. The summed E-state index contributed by atoms with van der Waals surface area (Å²) in [6.45, 7) is 0.544. The molecule has 0 radical (unpaired) electrons. The smallest absolute Gasteiger partial charge is 0.152 e. The number of aromatic nitrogens is 1. The fourth-order valence-corrected chi connectivity index (χ4v) is 2.55. The first-order chi connectivity index (χ1) is 10.1. The number of nitrogens with one attached hydrogen (secondary N) is 1. The highest BCUT2D eigenvalue weighted by Crippen LogP contribution is 2.34. The Hall–Kier alpha value is -1.97. The van der Waals surface area contributed by atoms with Crippen molar-refractivity contribution < 1.29 is 5.11 Å². The molecule has 0 unspecified atom stereocenters. The van der Waals surface area contributed by atoms with Gasteiger partial charge in [-0.15, -0.1) is 0 Å². The van der Waals surface area contributed by atoms with Crippen LogP contribution in [0.5, 0.6) is 5.75 Å². The number of rotatable bonds is 3. The fraction of sp³-hybridized carbons (Fsp3) is 0.0625. The van der Waals surface area contributed by atoms with E-state index in [-0.39, 0.29) is 15.8 Å². The van der Waals surface area contributed by atoms with Crippen LogP contribution in [0.1, 0.15) is 5.69 Å². The topological polar surface area (TPSA) is 45.1 Å². The van der Waals surface area contributed by atoms with E-state index in [0.29, 0.717) is 6.54 Å². The summed E-state index contributed by atoms with van der Waals surface area (Å²) in [5.41, 5.74) is 2.60. The zero-order chi connectivity index (χ0) is 14.8. The molecule has 0 amide bonds. The van der Waals surface area contributed by atoms with Crippen LogP contribution in [-0.4, -0.2) is 10.1 Å². The number of hydrogen-bond donors (Lipinski definition) is 2. The van der Waals surface area contributed by atoms with Gasteiger partial charge in [0, 0.05) is 11.1 Å². The van der Waals surface area contributed by atoms with Gasteiger partial charge in [0.2, 0.25) is 0 Å². The van der Waals surface area contributed by atoms with Crippen molar-refractivity contribution in [3.05, 3.63) is 64.3 Å². The summed E-state index contributed by atoms with van der Waals surface area (Å²) in [5, 5.41) is 14.3. The number of para-hydroxylation sites is 1. The van der Waals surface area contributed by atoms with Gasteiger partial charge in [0.05, 0.1) is 27.8 Å². The van der Waals surface area contributed by atoms with Crippen molar-refractivity contribution in [2.24, 2.45) is 0 Å². The Morgan fingerprint density at radius 3 is 2.48 bits per heavy atom. The minimum atomic E-state index is -0.104. The Morgan fingerprint density at radius 1 is 1.00 bits per heavy atom. The second kappa shape index (κ2) is 5.80. The number of pyridine rings is 1. The van der Waals surface area contributed by atoms with Gasteiger partial charge in [-0.05, 0) is 24.3 Å². The molecule has 0 bridgehead atoms. The van der Waals surface area contributed by atoms with Crippen molar-refractivity contribution in [3.8, 4) is 5.75 Å². The molecule has 21 heavy (non-hydrogen) atoms. The first-order valence-electron chi connectivity index (χ1n) is 6.40. The van der Waals surface area contributed by atoms with Crippen LogP contribution in [0.2, 0.25) is 10.0 Å². The fourth-order valence-electron chi connectivity index (χ4n) is 2.07. The summed E-state index contributed by atoms with van der Waals surface area (Å²) in [5.74, 6) is -0.104. The highest BCUT2D eigenvalue weighted by Gasteiger charge is 2.06. The average Bonchev–Trinajstić information content (AvgIpc) is 2.50. The molecule has 2 N–H and O–H groups in total. The maximum absolute atomic E-state index is 9.53. The molecule has 0 atom stereocenters. The Balaban J connectivity index is 1.80. The van der Waals surface area contributed by atoms with Crippen LogP contribution in [0.25, 0.3) is 10.9 Å². The molecule has 0 aliphatic carbocycles. The number of anilines is 1. The lowest BCUT2D eigenvalue weighted by Gasteiger charge is -2.09. The van der Waals surface area contributed by atoms with Crippen molar-refractivity contribution in [2.75, 3.05) is 5.32 Å². The lowest BCUT2D eigenvalue weighted by molar-refractivity contribution is 0.476. The molecule has 0 aliphatic rings. The molecule has 5 heteroatoms. The van der Waals surface area contributed by atoms with Crippen molar-refractivity contribution in [1.29, 1.82) is 0 Å². The molecule has 0 saturated carbocycles. The van der Waals surface area contributed by atoms with Gasteiger partial charge in [-0.1, -0.05) is 47.5 Å². The zero-order valence-corrected chi connectivity index (χ0v) is 12.5. The van der Waals surface area contributed by atoms with Gasteiger partial charge in [-0.2, -0.15) is 0 Å². The predicted octanol–water partition coefficient (Wildman–Crippen LogP) is 4.86. The summed E-state index contributed by atoms with van der Waals surface area (Å²) in [7, 11) is 0. The van der Waals surface area contributed by atoms with Crippen molar-refractivity contribution in [1.82, 2.24) is 4.98 Å². The molecule has 0 aliphatic heterocycles. The molecule has 0 fully saturated rings. The third-order valence-corrected chi connectivity index (χ3v) is 3.72. The van der Waals surface area contributed by atoms with Crippen molar-refractivity contribution in [3.63, 3.8) is 0 Å². The van der Waals surface area contributed by atoms with Gasteiger partial charge < -0.3 is 10.4 Å². The Bertz CT molecular complexity index is 782. The van der Waals surface area contributed by atoms with E-state index < -0.39 is 0 Å². The Kier molecular flexibility index (Phi) is 3.86. The van der Waals surface area contributed by atoms with Gasteiger partial charge in [0.15, 0.2) is 5.75 Å². The highest BCUT2D eigenvalue weighted by atomic mass is 35.5. The predicted molar refractivity (Wildman–Crippen MR) is 87.2 cm³/mol. The SMILES string of the molecule is Oc1c(Cl)cc(NCc2ccc3ccccc3n2)cc1Cl. The summed E-state index contributed by atoms with van der Waals surface area (Å²) >= 11 is 11.8. The number of nitrogens with zero attached hydrogens (tertiary/aromatic N) is 1. The molecular weight excluding hydrogens is 307 g/mol. The third kappa shape index (κ3) is 3.04. The van der Waals surface area contributed by atoms with Crippen molar-refractivity contribution >= 4 is 39.8 Å². The number of aromatic hydroxyl groups is 1. The number of phenols is 1. The summed E-state index contributed by atoms with van der Waals surface area (Å²) in [6.07, 6.45) is 0. The molecule has 3 aromatic rings. The minimum absolute atomic E-state index is 0.104. The van der Waals surface area contributed by atoms with E-state index in [1.807, 2.05) is 36.4 Å². The molecule has 1 aromatic heterocycles. The van der Waals surface area contributed by atoms with Crippen LogP contribution in [0.15, 0.2) is 48.5 Å². The molecule has 106 valence electrons. The Morgan fingerprint density at radius 2 is 1.71 bits per heavy atom. The first-order valence-corrected chi connectivity index (χ1v) is 7.15. The maximum atomic E-state index is 9.53. The van der Waals surface area contributed by atoms with Crippen LogP contribution >= 0.6 is 23.2 Å². The van der Waals surface area contributed by atoms with Gasteiger partial charge in [-0.3, -0.25) is 4.98 Å². The van der Waals surface area contributed by atoms with Gasteiger partial charge in [0.1, 0.15) is 0 Å². The summed E-state index contributed by atoms with van der Waals surface area (Å²) in [4.78, 5) is 4.57. The van der Waals surface area contributed by atoms with E-state index in [4.69, 9.17) is 23.2 Å². The lowest BCUT2D eigenvalue weighted by Crippen LogP contribution is -2.01. The van der Waals surface area contributed by atoms with Crippen LogP contribution in [0.3, 0.4) is 0 Å². The average molecular weight is 319 g/mol. The largest absolute Gasteiger partial charge is 0.505 e. The maximum Gasteiger partial charge on any atom is 0.152 e. The minimum Gasteiger partial charge on any atom is -0.505 e. The number of benzene rings is 2. The standard InChI is InChI=1S/C16H12Cl2N2O/c17-13-7-12(8-14(18)16(13)21)19-9-11-6-5-10-3-1-2-4-15(10)20-11/h1-8,19,21H,9H2. The molecule has 3 rings (SSSR count). The quantitative estimate of drug-likeness (QED) is 0.678. The van der Waals surface area contributed by atoms with Gasteiger partial charge in [0.25, 0.3) is 0 Å². The number of fused-ring (bicyclic) bond motifs is 1. The van der Waals surface area contributed by atoms with E-state index in [1.54, 1.807) is 12.1 Å². The normalized spacial score (nSPS) is 10.8. The second-order valence-electron chi connectivity index (χ2n) is 4.64. The van der Waals surface area contributed by atoms with E-state index >= 15 is 0 Å². The number of phenolic OH excluding ortho intramolecular Hbond substituents is 1. The molecule has 0 saturated heterocycles. The van der Waals surface area contributed by atoms with Crippen LogP contribution in [0, 0.1) is 0 Å². The Labute approximate surface area is 132 Å². The van der Waals surface area contributed by atoms with E-state index in [9.17, 15) is 5.11 Å². The van der Waals surface area contributed by atoms with Crippen LogP contribution < -0.4 is 5.32 Å². The summed E-state index contributed by atoms with van der Waals surface area (Å²) in [6, 6.07) is 15.2. The number of hydrogen-bond acceptors (Lipinski definition) is 3. The van der Waals surface area contributed by atoms with E-state index in [1.165, 1.54) is 0 Å². The van der Waals surface area contributed by atoms with E-state index in [0.717, 1.165) is 22.3 Å². The second-order valence-corrected chi connectivity index (χ2v) is 5.45. The van der Waals surface area contributed by atoms with Crippen LogP contribution in [0.4, 0.5) is 5.69 Å². The van der Waals surface area contributed by atoms with Gasteiger partial charge >= 0.3 is 0 Å². The van der Waals surface area contributed by atoms with Crippen molar-refractivity contribution in [2.45, 2.75) is 6.54 Å². The van der Waals surface area contributed by atoms with Crippen LogP contribution in [-0.2, 0) is 6.54 Å². The lowest BCUT2D eigenvalue weighted by atomic mass is 10.2. The monoisotopic (exact) mass is 318 g/mol. The number of halogens is 2. The molecule has 0 spiro atoms. The van der Waals surface area contributed by atoms with Gasteiger partial charge in [-0.25, -0.2) is 0 Å². The highest BCUT2D eigenvalue weighted by molar-refractivity contribution is 6.37. The molecule has 1 heterocycles. The zero-order valence-electron chi connectivity index (χ0n) is 11.0. The van der Waals surface area contributed by atoms with E-state index in [2.05, 4.69) is 10.3 Å². The molecular formula is C16H12Cl2N2O.